The molecule has 0 radical (unpaired) electrons. The van der Waals surface area contributed by atoms with Gasteiger partial charge < -0.3 is 5.32 Å². The van der Waals surface area contributed by atoms with E-state index in [2.05, 4.69) is 5.32 Å². The minimum absolute atomic E-state index is 0.00171. The van der Waals surface area contributed by atoms with Gasteiger partial charge in [-0.15, -0.1) is 0 Å². The van der Waals surface area contributed by atoms with Gasteiger partial charge >= 0.3 is 0 Å². The molecule has 1 amide bonds. The van der Waals surface area contributed by atoms with Crippen molar-refractivity contribution in [3.63, 3.8) is 0 Å². The van der Waals surface area contributed by atoms with Gasteiger partial charge in [-0.1, -0.05) is 18.9 Å². The Hall–Kier alpha value is -1.36. The molecule has 1 saturated carbocycles. The predicted molar refractivity (Wildman–Crippen MR) is 70.1 cm³/mol. The Labute approximate surface area is 107 Å². The molecule has 1 fully saturated rings. The molecule has 0 saturated heterocycles. The maximum atomic E-state index is 11.9. The second kappa shape index (κ2) is 5.10. The van der Waals surface area contributed by atoms with Crippen LogP contribution in [0.5, 0.6) is 0 Å². The lowest BCUT2D eigenvalue weighted by Gasteiger charge is -2.10. The number of hydrogen-bond acceptors (Lipinski definition) is 3. The van der Waals surface area contributed by atoms with Gasteiger partial charge in [0.05, 0.1) is 4.90 Å². The quantitative estimate of drug-likeness (QED) is 0.913. The SMILES string of the molecule is CS(=O)(=O)c1cccc(NC(=O)C2CCCC2)c1. The van der Waals surface area contributed by atoms with Crippen LogP contribution in [0.15, 0.2) is 29.2 Å². The monoisotopic (exact) mass is 267 g/mol. The Morgan fingerprint density at radius 3 is 2.56 bits per heavy atom. The van der Waals surface area contributed by atoms with E-state index in [9.17, 15) is 13.2 Å². The lowest BCUT2D eigenvalue weighted by atomic mass is 10.1. The summed E-state index contributed by atoms with van der Waals surface area (Å²) in [6.07, 6.45) is 5.21. The van der Waals surface area contributed by atoms with E-state index in [1.807, 2.05) is 0 Å². The van der Waals surface area contributed by atoms with Gasteiger partial charge in [-0.05, 0) is 31.0 Å². The standard InChI is InChI=1S/C13H17NO3S/c1-18(16,17)12-8-4-7-11(9-12)14-13(15)10-5-2-3-6-10/h4,7-10H,2-3,5-6H2,1H3,(H,14,15). The predicted octanol–water partition coefficient (Wildman–Crippen LogP) is 2.22. The van der Waals surface area contributed by atoms with Gasteiger partial charge in [0.15, 0.2) is 9.84 Å². The molecular formula is C13H17NO3S. The van der Waals surface area contributed by atoms with Crippen molar-refractivity contribution in [1.29, 1.82) is 0 Å². The van der Waals surface area contributed by atoms with Gasteiger partial charge in [-0.3, -0.25) is 4.79 Å². The topological polar surface area (TPSA) is 63.2 Å². The highest BCUT2D eigenvalue weighted by Gasteiger charge is 2.22. The molecule has 98 valence electrons. The molecule has 0 atom stereocenters. The van der Waals surface area contributed by atoms with Crippen molar-refractivity contribution in [3.05, 3.63) is 24.3 Å². The fourth-order valence-corrected chi connectivity index (χ4v) is 2.90. The summed E-state index contributed by atoms with van der Waals surface area (Å²) in [5.74, 6) is 0.0741. The van der Waals surface area contributed by atoms with Crippen LogP contribution >= 0.6 is 0 Å². The molecular weight excluding hydrogens is 250 g/mol. The summed E-state index contributed by atoms with van der Waals surface area (Å²) in [6, 6.07) is 6.38. The Morgan fingerprint density at radius 1 is 1.28 bits per heavy atom. The molecule has 0 unspecified atom stereocenters. The smallest absolute Gasteiger partial charge is 0.227 e. The molecule has 5 heteroatoms. The summed E-state index contributed by atoms with van der Waals surface area (Å²) < 4.78 is 22.8. The van der Waals surface area contributed by atoms with Crippen LogP contribution in [0.3, 0.4) is 0 Å². The number of rotatable bonds is 3. The second-order valence-electron chi connectivity index (χ2n) is 4.77. The number of sulfone groups is 1. The van der Waals surface area contributed by atoms with Crippen molar-refractivity contribution < 1.29 is 13.2 Å². The molecule has 4 nitrogen and oxygen atoms in total. The zero-order chi connectivity index (χ0) is 13.2. The van der Waals surface area contributed by atoms with Crippen LogP contribution in [-0.2, 0) is 14.6 Å². The van der Waals surface area contributed by atoms with Gasteiger partial charge in [-0.25, -0.2) is 8.42 Å². The van der Waals surface area contributed by atoms with Gasteiger partial charge in [0.1, 0.15) is 0 Å². The van der Waals surface area contributed by atoms with Crippen LogP contribution in [0, 0.1) is 5.92 Å². The molecule has 0 spiro atoms. The van der Waals surface area contributed by atoms with Crippen LogP contribution in [0.2, 0.25) is 0 Å². The number of anilines is 1. The first kappa shape index (κ1) is 13.1. The zero-order valence-electron chi connectivity index (χ0n) is 10.3. The molecule has 0 bridgehead atoms. The lowest BCUT2D eigenvalue weighted by molar-refractivity contribution is -0.119. The highest BCUT2D eigenvalue weighted by Crippen LogP contribution is 2.26. The maximum Gasteiger partial charge on any atom is 0.227 e. The molecule has 2 rings (SSSR count). The van der Waals surface area contributed by atoms with Gasteiger partial charge in [0, 0.05) is 17.9 Å². The van der Waals surface area contributed by atoms with E-state index in [4.69, 9.17) is 0 Å². The van der Waals surface area contributed by atoms with E-state index < -0.39 is 9.84 Å². The summed E-state index contributed by atoms with van der Waals surface area (Å²) in [5.41, 5.74) is 0.551. The zero-order valence-corrected chi connectivity index (χ0v) is 11.2. The summed E-state index contributed by atoms with van der Waals surface area (Å²) in [5, 5.41) is 2.79. The third-order valence-electron chi connectivity index (χ3n) is 3.26. The van der Waals surface area contributed by atoms with Crippen molar-refractivity contribution in [2.75, 3.05) is 11.6 Å². The number of carbonyl (C=O) groups is 1. The number of amides is 1. The van der Waals surface area contributed by atoms with E-state index in [0.29, 0.717) is 5.69 Å². The first-order valence-electron chi connectivity index (χ1n) is 6.08. The number of nitrogens with one attached hydrogen (secondary N) is 1. The lowest BCUT2D eigenvalue weighted by Crippen LogP contribution is -2.20. The Balaban J connectivity index is 2.12. The first-order valence-corrected chi connectivity index (χ1v) is 7.97. The second-order valence-corrected chi connectivity index (χ2v) is 6.79. The molecule has 1 aromatic rings. The Kier molecular flexibility index (Phi) is 3.71. The van der Waals surface area contributed by atoms with E-state index in [0.717, 1.165) is 31.9 Å². The summed E-state index contributed by atoms with van der Waals surface area (Å²) in [4.78, 5) is 12.1. The summed E-state index contributed by atoms with van der Waals surface area (Å²) in [7, 11) is -3.23. The van der Waals surface area contributed by atoms with Crippen LogP contribution in [0.1, 0.15) is 25.7 Å². The van der Waals surface area contributed by atoms with Crippen LogP contribution in [0.25, 0.3) is 0 Å². The molecule has 0 heterocycles. The third kappa shape index (κ3) is 3.10. The summed E-state index contributed by atoms with van der Waals surface area (Å²) >= 11 is 0. The van der Waals surface area contributed by atoms with Crippen molar-refractivity contribution >= 4 is 21.4 Å². The minimum atomic E-state index is -3.23. The fourth-order valence-electron chi connectivity index (χ4n) is 2.24. The molecule has 1 aliphatic rings. The van der Waals surface area contributed by atoms with Crippen molar-refractivity contribution in [3.8, 4) is 0 Å². The molecule has 0 aliphatic heterocycles. The molecule has 1 aliphatic carbocycles. The number of hydrogen-bond donors (Lipinski definition) is 1. The largest absolute Gasteiger partial charge is 0.326 e. The van der Waals surface area contributed by atoms with E-state index in [-0.39, 0.29) is 16.7 Å². The summed E-state index contributed by atoms with van der Waals surface area (Å²) in [6.45, 7) is 0. The van der Waals surface area contributed by atoms with Gasteiger partial charge in [0.2, 0.25) is 5.91 Å². The van der Waals surface area contributed by atoms with Crippen molar-refractivity contribution in [2.24, 2.45) is 5.92 Å². The number of carbonyl (C=O) groups excluding carboxylic acids is 1. The number of benzene rings is 1. The van der Waals surface area contributed by atoms with E-state index in [1.165, 1.54) is 12.1 Å². The highest BCUT2D eigenvalue weighted by atomic mass is 32.2. The highest BCUT2D eigenvalue weighted by molar-refractivity contribution is 7.90. The average Bonchev–Trinajstić information content (AvgIpc) is 2.81. The van der Waals surface area contributed by atoms with Crippen LogP contribution in [0.4, 0.5) is 5.69 Å². The van der Waals surface area contributed by atoms with Crippen molar-refractivity contribution in [2.45, 2.75) is 30.6 Å². The third-order valence-corrected chi connectivity index (χ3v) is 4.37. The Bertz CT molecular complexity index is 545. The molecule has 1 aromatic carbocycles. The maximum absolute atomic E-state index is 11.9. The molecule has 18 heavy (non-hydrogen) atoms. The average molecular weight is 267 g/mol. The van der Waals surface area contributed by atoms with Gasteiger partial charge in [-0.2, -0.15) is 0 Å². The van der Waals surface area contributed by atoms with Crippen LogP contribution in [-0.4, -0.2) is 20.6 Å². The fraction of sp³-hybridized carbons (Fsp3) is 0.462. The van der Waals surface area contributed by atoms with E-state index >= 15 is 0 Å². The first-order chi connectivity index (χ1) is 8.47. The minimum Gasteiger partial charge on any atom is -0.326 e. The van der Waals surface area contributed by atoms with E-state index in [1.54, 1.807) is 12.1 Å². The normalized spacial score (nSPS) is 16.7. The molecule has 1 N–H and O–H groups in total. The van der Waals surface area contributed by atoms with Gasteiger partial charge in [0.25, 0.3) is 0 Å². The molecule has 0 aromatic heterocycles. The van der Waals surface area contributed by atoms with Crippen LogP contribution < -0.4 is 5.32 Å². The Morgan fingerprint density at radius 2 is 1.94 bits per heavy atom. The van der Waals surface area contributed by atoms with Crippen molar-refractivity contribution in [1.82, 2.24) is 0 Å².